The van der Waals surface area contributed by atoms with Crippen LogP contribution in [0.1, 0.15) is 24.0 Å². The topological polar surface area (TPSA) is 76.7 Å². The predicted molar refractivity (Wildman–Crippen MR) is 96.2 cm³/mol. The largest absolute Gasteiger partial charge is 0.491 e. The van der Waals surface area contributed by atoms with Crippen molar-refractivity contribution in [2.45, 2.75) is 31.9 Å². The lowest BCUT2D eigenvalue weighted by molar-refractivity contribution is -0.122. The van der Waals surface area contributed by atoms with Crippen LogP contribution >= 0.6 is 0 Å². The minimum atomic E-state index is -0.526. The van der Waals surface area contributed by atoms with Crippen LogP contribution in [-0.2, 0) is 22.6 Å². The Morgan fingerprint density at radius 3 is 2.96 bits per heavy atom. The van der Waals surface area contributed by atoms with Crippen LogP contribution in [0.3, 0.4) is 0 Å². The van der Waals surface area contributed by atoms with Crippen molar-refractivity contribution in [3.8, 4) is 11.5 Å². The third kappa shape index (κ3) is 3.86. The molecular formula is C20H19FN2O4. The van der Waals surface area contributed by atoms with Crippen LogP contribution in [0, 0.1) is 5.82 Å². The van der Waals surface area contributed by atoms with Crippen molar-refractivity contribution in [2.75, 3.05) is 11.9 Å². The molecular weight excluding hydrogens is 351 g/mol. The average molecular weight is 370 g/mol. The lowest BCUT2D eigenvalue weighted by Crippen LogP contribution is -2.37. The van der Waals surface area contributed by atoms with Gasteiger partial charge in [-0.05, 0) is 36.2 Å². The zero-order valence-electron chi connectivity index (χ0n) is 14.6. The molecule has 7 heteroatoms. The Kier molecular flexibility index (Phi) is 4.66. The third-order valence-electron chi connectivity index (χ3n) is 4.61. The van der Waals surface area contributed by atoms with Crippen molar-refractivity contribution in [3.05, 3.63) is 53.3 Å². The summed E-state index contributed by atoms with van der Waals surface area (Å²) in [5, 5.41) is 5.51. The highest BCUT2D eigenvalue weighted by atomic mass is 19.1. The van der Waals surface area contributed by atoms with Gasteiger partial charge in [-0.25, -0.2) is 4.39 Å². The Balaban J connectivity index is 1.51. The van der Waals surface area contributed by atoms with Gasteiger partial charge in [0.2, 0.25) is 11.8 Å². The Morgan fingerprint density at radius 1 is 1.30 bits per heavy atom. The van der Waals surface area contributed by atoms with Gasteiger partial charge in [0, 0.05) is 24.5 Å². The number of amides is 2. The van der Waals surface area contributed by atoms with Crippen LogP contribution in [0.25, 0.3) is 0 Å². The summed E-state index contributed by atoms with van der Waals surface area (Å²) < 4.78 is 24.6. The number of nitrogens with one attached hydrogen (secondary N) is 2. The lowest BCUT2D eigenvalue weighted by atomic mass is 10.1. The Bertz CT molecular complexity index is 900. The molecule has 1 saturated heterocycles. The molecule has 0 aliphatic carbocycles. The molecule has 0 bridgehead atoms. The molecule has 6 nitrogen and oxygen atoms in total. The highest BCUT2D eigenvalue weighted by Crippen LogP contribution is 2.35. The van der Waals surface area contributed by atoms with E-state index in [4.69, 9.17) is 9.47 Å². The first-order chi connectivity index (χ1) is 13.1. The molecule has 140 valence electrons. The minimum absolute atomic E-state index is 0.117. The molecule has 2 N–H and O–H groups in total. The highest BCUT2D eigenvalue weighted by Gasteiger charge is 2.28. The summed E-state index contributed by atoms with van der Waals surface area (Å²) in [6.07, 6.45) is 1.58. The number of hydrogen-bond donors (Lipinski definition) is 2. The number of fused-ring (bicyclic) bond motifs is 1. The minimum Gasteiger partial charge on any atom is -0.491 e. The van der Waals surface area contributed by atoms with E-state index in [9.17, 15) is 14.0 Å². The fraction of sp³-hybridized carbons (Fsp3) is 0.300. The zero-order chi connectivity index (χ0) is 18.8. The number of ether oxygens (including phenoxy) is 2. The Labute approximate surface area is 155 Å². The molecule has 1 atom stereocenters. The van der Waals surface area contributed by atoms with Crippen molar-refractivity contribution >= 4 is 17.5 Å². The smallest absolute Gasteiger partial charge is 0.247 e. The summed E-state index contributed by atoms with van der Waals surface area (Å²) in [6.45, 7) is 0.784. The number of hydrogen-bond acceptors (Lipinski definition) is 4. The molecule has 2 amide bonds. The highest BCUT2D eigenvalue weighted by molar-refractivity contribution is 6.00. The van der Waals surface area contributed by atoms with E-state index in [0.29, 0.717) is 36.6 Å². The predicted octanol–water partition coefficient (Wildman–Crippen LogP) is 2.56. The number of rotatable bonds is 5. The van der Waals surface area contributed by atoms with Crippen LogP contribution in [0.4, 0.5) is 10.1 Å². The molecule has 2 aromatic rings. The van der Waals surface area contributed by atoms with Crippen molar-refractivity contribution < 1.29 is 23.5 Å². The van der Waals surface area contributed by atoms with Gasteiger partial charge in [0.25, 0.3) is 0 Å². The van der Waals surface area contributed by atoms with E-state index in [1.165, 1.54) is 12.1 Å². The van der Waals surface area contributed by atoms with Gasteiger partial charge in [-0.1, -0.05) is 6.07 Å². The van der Waals surface area contributed by atoms with Crippen molar-refractivity contribution in [1.82, 2.24) is 5.32 Å². The maximum Gasteiger partial charge on any atom is 0.247 e. The van der Waals surface area contributed by atoms with Gasteiger partial charge in [0.15, 0.2) is 0 Å². The van der Waals surface area contributed by atoms with E-state index in [0.717, 1.165) is 17.5 Å². The second kappa shape index (κ2) is 7.26. The molecule has 1 unspecified atom stereocenters. The van der Waals surface area contributed by atoms with Crippen LogP contribution in [-0.4, -0.2) is 24.5 Å². The van der Waals surface area contributed by atoms with Gasteiger partial charge in [0.05, 0.1) is 12.3 Å². The number of anilines is 1. The van der Waals surface area contributed by atoms with Gasteiger partial charge >= 0.3 is 0 Å². The van der Waals surface area contributed by atoms with E-state index in [1.54, 1.807) is 18.2 Å². The van der Waals surface area contributed by atoms with E-state index < -0.39 is 6.04 Å². The summed E-state index contributed by atoms with van der Waals surface area (Å²) in [4.78, 5) is 23.8. The van der Waals surface area contributed by atoms with Crippen molar-refractivity contribution in [2.24, 2.45) is 0 Å². The summed E-state index contributed by atoms with van der Waals surface area (Å²) in [5.41, 5.74) is 2.39. The standard InChI is InChI=1S/C20H19FN2O4/c21-14-2-1-3-15(10-14)27-11-12-8-13-6-7-26-19(13)17(9-12)23-20(25)16-4-5-18(24)22-16/h1-3,8-10,16H,4-7,11H2,(H,22,24)(H,23,25). The second-order valence-corrected chi connectivity index (χ2v) is 6.62. The van der Waals surface area contributed by atoms with E-state index in [2.05, 4.69) is 10.6 Å². The van der Waals surface area contributed by atoms with Gasteiger partial charge in [-0.15, -0.1) is 0 Å². The van der Waals surface area contributed by atoms with Gasteiger partial charge in [-0.3, -0.25) is 9.59 Å². The second-order valence-electron chi connectivity index (χ2n) is 6.62. The third-order valence-corrected chi connectivity index (χ3v) is 4.61. The average Bonchev–Trinajstić information content (AvgIpc) is 3.29. The van der Waals surface area contributed by atoms with E-state index >= 15 is 0 Å². The van der Waals surface area contributed by atoms with Crippen molar-refractivity contribution in [1.29, 1.82) is 0 Å². The zero-order valence-corrected chi connectivity index (χ0v) is 14.6. The Hall–Kier alpha value is -3.09. The fourth-order valence-corrected chi connectivity index (χ4v) is 3.30. The van der Waals surface area contributed by atoms with Gasteiger partial charge in [-0.2, -0.15) is 0 Å². The molecule has 0 aromatic heterocycles. The molecule has 0 radical (unpaired) electrons. The summed E-state index contributed by atoms with van der Waals surface area (Å²) in [7, 11) is 0. The summed E-state index contributed by atoms with van der Waals surface area (Å²) >= 11 is 0. The molecule has 2 aromatic carbocycles. The number of halogens is 1. The SMILES string of the molecule is O=C1CCC(C(=O)Nc2cc(COc3cccc(F)c3)cc3c2OCC3)N1. The number of carbonyl (C=O) groups is 2. The lowest BCUT2D eigenvalue weighted by Gasteiger charge is -2.15. The normalized spacial score (nSPS) is 17.8. The number of carbonyl (C=O) groups excluding carboxylic acids is 2. The summed E-state index contributed by atoms with van der Waals surface area (Å²) in [6, 6.07) is 9.18. The first kappa shape index (κ1) is 17.3. The molecule has 27 heavy (non-hydrogen) atoms. The van der Waals surface area contributed by atoms with Gasteiger partial charge < -0.3 is 20.1 Å². The molecule has 1 fully saturated rings. The van der Waals surface area contributed by atoms with Crippen LogP contribution in [0.2, 0.25) is 0 Å². The Morgan fingerprint density at radius 2 is 2.19 bits per heavy atom. The van der Waals surface area contributed by atoms with Crippen LogP contribution in [0.5, 0.6) is 11.5 Å². The maximum absolute atomic E-state index is 13.3. The monoisotopic (exact) mass is 370 g/mol. The molecule has 4 rings (SSSR count). The fourth-order valence-electron chi connectivity index (χ4n) is 3.30. The molecule has 2 aliphatic heterocycles. The molecule has 0 saturated carbocycles. The molecule has 0 spiro atoms. The molecule has 2 heterocycles. The first-order valence-electron chi connectivity index (χ1n) is 8.86. The molecule has 2 aliphatic rings. The maximum atomic E-state index is 13.3. The van der Waals surface area contributed by atoms with E-state index in [1.807, 2.05) is 6.07 Å². The van der Waals surface area contributed by atoms with Crippen LogP contribution < -0.4 is 20.1 Å². The van der Waals surface area contributed by atoms with Crippen LogP contribution in [0.15, 0.2) is 36.4 Å². The van der Waals surface area contributed by atoms with Gasteiger partial charge in [0.1, 0.15) is 30.0 Å². The number of benzene rings is 2. The van der Waals surface area contributed by atoms with E-state index in [-0.39, 0.29) is 24.2 Å². The van der Waals surface area contributed by atoms with Crippen molar-refractivity contribution in [3.63, 3.8) is 0 Å². The first-order valence-corrected chi connectivity index (χ1v) is 8.86. The summed E-state index contributed by atoms with van der Waals surface area (Å²) in [5.74, 6) is 0.352. The quantitative estimate of drug-likeness (QED) is 0.848.